The third-order valence-electron chi connectivity index (χ3n) is 2.54. The Morgan fingerprint density at radius 3 is 2.94 bits per heavy atom. The van der Waals surface area contributed by atoms with Crippen LogP contribution >= 0.6 is 11.3 Å². The minimum absolute atomic E-state index is 0.418. The molecule has 3 nitrogen and oxygen atoms in total. The van der Waals surface area contributed by atoms with Crippen LogP contribution in [0.15, 0.2) is 24.4 Å². The van der Waals surface area contributed by atoms with Gasteiger partial charge < -0.3 is 4.74 Å². The highest BCUT2D eigenvalue weighted by Gasteiger charge is 2.04. The highest BCUT2D eigenvalue weighted by molar-refractivity contribution is 7.11. The number of nitriles is 1. The first-order valence-corrected chi connectivity index (χ1v) is 6.51. The van der Waals surface area contributed by atoms with Gasteiger partial charge in [-0.2, -0.15) is 5.26 Å². The standard InChI is InChI=1S/C14H14N2OS/c1-10-3-4-13(11(2)7-10)17-9-14-16-8-12(18-14)5-6-15/h3-4,7-8H,5,9H2,1-2H3. The van der Waals surface area contributed by atoms with Crippen LogP contribution in [0, 0.1) is 25.2 Å². The number of ether oxygens (including phenoxy) is 1. The molecule has 0 aliphatic heterocycles. The smallest absolute Gasteiger partial charge is 0.140 e. The molecule has 0 saturated carbocycles. The summed E-state index contributed by atoms with van der Waals surface area (Å²) in [5, 5.41) is 9.50. The zero-order chi connectivity index (χ0) is 13.0. The van der Waals surface area contributed by atoms with Crippen LogP contribution in [0.3, 0.4) is 0 Å². The van der Waals surface area contributed by atoms with Crippen molar-refractivity contribution in [3.8, 4) is 11.8 Å². The first-order valence-electron chi connectivity index (χ1n) is 5.69. The van der Waals surface area contributed by atoms with Crippen LogP contribution < -0.4 is 4.74 Å². The fourth-order valence-corrected chi connectivity index (χ4v) is 2.44. The van der Waals surface area contributed by atoms with Crippen molar-refractivity contribution in [2.45, 2.75) is 26.9 Å². The molecule has 92 valence electrons. The minimum atomic E-state index is 0.418. The van der Waals surface area contributed by atoms with Gasteiger partial charge in [-0.1, -0.05) is 17.7 Å². The maximum absolute atomic E-state index is 8.60. The van der Waals surface area contributed by atoms with E-state index in [4.69, 9.17) is 10.00 Å². The largest absolute Gasteiger partial charge is 0.486 e. The van der Waals surface area contributed by atoms with Gasteiger partial charge in [-0.3, -0.25) is 0 Å². The molecule has 0 saturated heterocycles. The average molecular weight is 258 g/mol. The summed E-state index contributed by atoms with van der Waals surface area (Å²) >= 11 is 1.53. The summed E-state index contributed by atoms with van der Waals surface area (Å²) < 4.78 is 5.73. The van der Waals surface area contributed by atoms with E-state index in [1.54, 1.807) is 6.20 Å². The fraction of sp³-hybridized carbons (Fsp3) is 0.286. The van der Waals surface area contributed by atoms with E-state index in [0.717, 1.165) is 21.2 Å². The molecule has 1 aromatic heterocycles. The van der Waals surface area contributed by atoms with E-state index in [0.29, 0.717) is 13.0 Å². The van der Waals surface area contributed by atoms with E-state index < -0.39 is 0 Å². The zero-order valence-electron chi connectivity index (χ0n) is 10.4. The monoisotopic (exact) mass is 258 g/mol. The molecule has 2 aromatic rings. The lowest BCUT2D eigenvalue weighted by molar-refractivity contribution is 0.303. The minimum Gasteiger partial charge on any atom is -0.486 e. The van der Waals surface area contributed by atoms with Gasteiger partial charge in [-0.05, 0) is 25.5 Å². The Balaban J connectivity index is 2.00. The molecule has 1 heterocycles. The second kappa shape index (κ2) is 5.65. The molecular weight excluding hydrogens is 244 g/mol. The second-order valence-electron chi connectivity index (χ2n) is 4.11. The van der Waals surface area contributed by atoms with Gasteiger partial charge in [0.15, 0.2) is 0 Å². The zero-order valence-corrected chi connectivity index (χ0v) is 11.3. The lowest BCUT2D eigenvalue weighted by Gasteiger charge is -2.07. The fourth-order valence-electron chi connectivity index (χ4n) is 1.68. The number of aryl methyl sites for hydroxylation is 2. The SMILES string of the molecule is Cc1ccc(OCc2ncc(CC#N)s2)c(C)c1. The van der Waals surface area contributed by atoms with Gasteiger partial charge in [0, 0.05) is 11.1 Å². The quantitative estimate of drug-likeness (QED) is 0.844. The van der Waals surface area contributed by atoms with Crippen LogP contribution in [-0.4, -0.2) is 4.98 Å². The predicted molar refractivity (Wildman–Crippen MR) is 71.7 cm³/mol. The van der Waals surface area contributed by atoms with E-state index in [2.05, 4.69) is 24.0 Å². The number of nitrogens with zero attached hydrogens (tertiary/aromatic N) is 2. The Labute approximate surface area is 111 Å². The van der Waals surface area contributed by atoms with Crippen LogP contribution in [0.1, 0.15) is 21.0 Å². The van der Waals surface area contributed by atoms with Gasteiger partial charge in [-0.25, -0.2) is 4.98 Å². The Bertz CT molecular complexity index is 584. The van der Waals surface area contributed by atoms with Gasteiger partial charge in [0.25, 0.3) is 0 Å². The Hall–Kier alpha value is -1.86. The Morgan fingerprint density at radius 2 is 2.22 bits per heavy atom. The van der Waals surface area contributed by atoms with Gasteiger partial charge >= 0.3 is 0 Å². The Kier molecular flexibility index (Phi) is 3.96. The van der Waals surface area contributed by atoms with Crippen LogP contribution in [0.5, 0.6) is 5.75 Å². The summed E-state index contributed by atoms with van der Waals surface area (Å²) in [5.74, 6) is 0.887. The third kappa shape index (κ3) is 3.08. The molecular formula is C14H14N2OS. The number of aromatic nitrogens is 1. The Morgan fingerprint density at radius 1 is 1.39 bits per heavy atom. The van der Waals surface area contributed by atoms with Gasteiger partial charge in [-0.15, -0.1) is 11.3 Å². The van der Waals surface area contributed by atoms with Gasteiger partial charge in [0.2, 0.25) is 0 Å². The van der Waals surface area contributed by atoms with Crippen LogP contribution in [0.2, 0.25) is 0 Å². The van der Waals surface area contributed by atoms with Crippen molar-refractivity contribution in [1.29, 1.82) is 5.26 Å². The molecule has 2 rings (SSSR count). The molecule has 0 aliphatic rings. The average Bonchev–Trinajstić information content (AvgIpc) is 2.76. The third-order valence-corrected chi connectivity index (χ3v) is 3.51. The molecule has 0 bridgehead atoms. The highest BCUT2D eigenvalue weighted by atomic mass is 32.1. The summed E-state index contributed by atoms with van der Waals surface area (Å²) in [7, 11) is 0. The molecule has 18 heavy (non-hydrogen) atoms. The van der Waals surface area contributed by atoms with Crippen molar-refractivity contribution >= 4 is 11.3 Å². The summed E-state index contributed by atoms with van der Waals surface area (Å²) in [4.78, 5) is 5.22. The van der Waals surface area contributed by atoms with Crippen LogP contribution in [-0.2, 0) is 13.0 Å². The maximum Gasteiger partial charge on any atom is 0.140 e. The summed E-state index contributed by atoms with van der Waals surface area (Å²) in [6, 6.07) is 8.23. The number of hydrogen-bond donors (Lipinski definition) is 0. The van der Waals surface area contributed by atoms with E-state index >= 15 is 0 Å². The number of hydrogen-bond acceptors (Lipinski definition) is 4. The topological polar surface area (TPSA) is 45.9 Å². The molecule has 0 N–H and O–H groups in total. The van der Waals surface area contributed by atoms with Crippen molar-refractivity contribution in [2.75, 3.05) is 0 Å². The molecule has 4 heteroatoms. The molecule has 0 spiro atoms. The number of rotatable bonds is 4. The van der Waals surface area contributed by atoms with Crippen molar-refractivity contribution in [3.63, 3.8) is 0 Å². The van der Waals surface area contributed by atoms with E-state index in [1.807, 2.05) is 19.1 Å². The molecule has 0 radical (unpaired) electrons. The van der Waals surface area contributed by atoms with Crippen molar-refractivity contribution in [1.82, 2.24) is 4.98 Å². The summed E-state index contributed by atoms with van der Waals surface area (Å²) in [5.41, 5.74) is 2.36. The summed E-state index contributed by atoms with van der Waals surface area (Å²) in [6.07, 6.45) is 2.16. The van der Waals surface area contributed by atoms with Crippen molar-refractivity contribution in [3.05, 3.63) is 45.4 Å². The maximum atomic E-state index is 8.60. The molecule has 1 aromatic carbocycles. The lowest BCUT2D eigenvalue weighted by Crippen LogP contribution is -1.96. The lowest BCUT2D eigenvalue weighted by atomic mass is 10.1. The van der Waals surface area contributed by atoms with E-state index in [-0.39, 0.29) is 0 Å². The molecule has 0 unspecified atom stereocenters. The molecule has 0 atom stereocenters. The highest BCUT2D eigenvalue weighted by Crippen LogP contribution is 2.21. The molecule has 0 amide bonds. The normalized spacial score (nSPS) is 10.1. The van der Waals surface area contributed by atoms with Gasteiger partial charge in [0.05, 0.1) is 12.5 Å². The van der Waals surface area contributed by atoms with Crippen molar-refractivity contribution < 1.29 is 4.74 Å². The first-order chi connectivity index (χ1) is 8.69. The van der Waals surface area contributed by atoms with Crippen molar-refractivity contribution in [2.24, 2.45) is 0 Å². The second-order valence-corrected chi connectivity index (χ2v) is 5.31. The number of thiazole rings is 1. The molecule has 0 fully saturated rings. The van der Waals surface area contributed by atoms with Crippen LogP contribution in [0.4, 0.5) is 0 Å². The summed E-state index contributed by atoms with van der Waals surface area (Å²) in [6.45, 7) is 4.55. The first kappa shape index (κ1) is 12.6. The number of benzene rings is 1. The predicted octanol–water partition coefficient (Wildman–Crippen LogP) is 3.41. The van der Waals surface area contributed by atoms with E-state index in [1.165, 1.54) is 16.9 Å². The van der Waals surface area contributed by atoms with E-state index in [9.17, 15) is 0 Å². The molecule has 0 aliphatic carbocycles. The van der Waals surface area contributed by atoms with Crippen LogP contribution in [0.25, 0.3) is 0 Å². The van der Waals surface area contributed by atoms with Gasteiger partial charge in [0.1, 0.15) is 17.4 Å².